The molecule has 0 aliphatic heterocycles. The SMILES string of the molecule is C=CC(=O)Oc1cc(F)ccc1OCc1ccccc1.[NaH]. The van der Waals surface area contributed by atoms with Crippen LogP contribution in [0.1, 0.15) is 5.56 Å². The van der Waals surface area contributed by atoms with Crippen molar-refractivity contribution in [1.29, 1.82) is 0 Å². The zero-order valence-electron chi connectivity index (χ0n) is 10.7. The second-order valence-electron chi connectivity index (χ2n) is 3.99. The number of rotatable bonds is 5. The molecule has 0 spiro atoms. The summed E-state index contributed by atoms with van der Waals surface area (Å²) >= 11 is 0. The molecular formula is C16H14FNaO3. The summed E-state index contributed by atoms with van der Waals surface area (Å²) in [7, 11) is 0. The molecule has 0 bridgehead atoms. The number of carbonyl (C=O) groups is 1. The van der Waals surface area contributed by atoms with Gasteiger partial charge in [-0.3, -0.25) is 0 Å². The third-order valence-electron chi connectivity index (χ3n) is 2.52. The van der Waals surface area contributed by atoms with Crippen LogP contribution in [0.25, 0.3) is 0 Å². The van der Waals surface area contributed by atoms with E-state index < -0.39 is 11.8 Å². The van der Waals surface area contributed by atoms with E-state index in [1.807, 2.05) is 30.3 Å². The van der Waals surface area contributed by atoms with Crippen molar-refractivity contribution in [1.82, 2.24) is 0 Å². The van der Waals surface area contributed by atoms with E-state index in [2.05, 4.69) is 6.58 Å². The first-order chi connectivity index (χ1) is 9.69. The van der Waals surface area contributed by atoms with Crippen molar-refractivity contribution in [3.8, 4) is 11.5 Å². The average molecular weight is 296 g/mol. The maximum absolute atomic E-state index is 13.2. The number of carbonyl (C=O) groups excluding carboxylic acids is 1. The number of hydrogen-bond acceptors (Lipinski definition) is 3. The van der Waals surface area contributed by atoms with E-state index in [-0.39, 0.29) is 35.3 Å². The molecule has 2 rings (SSSR count). The van der Waals surface area contributed by atoms with Crippen molar-refractivity contribution in [3.63, 3.8) is 0 Å². The Bertz CT molecular complexity index is 614. The van der Waals surface area contributed by atoms with Gasteiger partial charge in [-0.2, -0.15) is 0 Å². The number of halogens is 1. The summed E-state index contributed by atoms with van der Waals surface area (Å²) in [4.78, 5) is 11.2. The van der Waals surface area contributed by atoms with Gasteiger partial charge in [0.25, 0.3) is 0 Å². The summed E-state index contributed by atoms with van der Waals surface area (Å²) in [5.74, 6) is -0.847. The third kappa shape index (κ3) is 5.34. The van der Waals surface area contributed by atoms with E-state index in [0.29, 0.717) is 12.4 Å². The summed E-state index contributed by atoms with van der Waals surface area (Å²) in [6, 6.07) is 13.2. The summed E-state index contributed by atoms with van der Waals surface area (Å²) in [6.45, 7) is 3.59. The molecular weight excluding hydrogens is 282 g/mol. The molecule has 0 radical (unpaired) electrons. The predicted molar refractivity (Wildman–Crippen MR) is 80.2 cm³/mol. The van der Waals surface area contributed by atoms with Crippen LogP contribution in [0, 0.1) is 5.82 Å². The van der Waals surface area contributed by atoms with E-state index in [4.69, 9.17) is 9.47 Å². The summed E-state index contributed by atoms with van der Waals surface area (Å²) in [5, 5.41) is 0. The molecule has 0 atom stereocenters. The predicted octanol–water partition coefficient (Wildman–Crippen LogP) is 2.85. The first kappa shape index (κ1) is 17.4. The van der Waals surface area contributed by atoms with Crippen LogP contribution >= 0.6 is 0 Å². The number of benzene rings is 2. The standard InChI is InChI=1S/C16H13FO3.Na.H/c1-2-16(18)20-15-10-13(17)8-9-14(15)19-11-12-6-4-3-5-7-12;;/h2-10H,1,11H2;;. The normalized spacial score (nSPS) is 9.38. The van der Waals surface area contributed by atoms with Crippen LogP contribution in [-0.4, -0.2) is 35.5 Å². The van der Waals surface area contributed by atoms with Crippen molar-refractivity contribution in [2.24, 2.45) is 0 Å². The van der Waals surface area contributed by atoms with Crippen molar-refractivity contribution >= 4 is 35.5 Å². The molecule has 0 aliphatic rings. The topological polar surface area (TPSA) is 35.5 Å². The third-order valence-corrected chi connectivity index (χ3v) is 2.52. The van der Waals surface area contributed by atoms with E-state index in [1.165, 1.54) is 12.1 Å². The van der Waals surface area contributed by atoms with Gasteiger partial charge in [-0.15, -0.1) is 0 Å². The summed E-state index contributed by atoms with van der Waals surface area (Å²) in [5.41, 5.74) is 0.956. The Morgan fingerprint density at radius 1 is 1.14 bits per heavy atom. The molecule has 0 N–H and O–H groups in total. The first-order valence-corrected chi connectivity index (χ1v) is 5.99. The van der Waals surface area contributed by atoms with Crippen molar-refractivity contribution in [3.05, 3.63) is 72.6 Å². The molecule has 0 saturated carbocycles. The Morgan fingerprint density at radius 2 is 1.86 bits per heavy atom. The zero-order valence-corrected chi connectivity index (χ0v) is 10.7. The molecule has 0 fully saturated rings. The van der Waals surface area contributed by atoms with Crippen LogP contribution in [-0.2, 0) is 11.4 Å². The Labute approximate surface area is 144 Å². The molecule has 0 aliphatic carbocycles. The van der Waals surface area contributed by atoms with Crippen LogP contribution in [0.4, 0.5) is 4.39 Å². The molecule has 0 aromatic heterocycles. The molecule has 0 saturated heterocycles. The average Bonchev–Trinajstić information content (AvgIpc) is 2.47. The summed E-state index contributed by atoms with van der Waals surface area (Å²) in [6.07, 6.45) is 1.01. The van der Waals surface area contributed by atoms with Gasteiger partial charge in [-0.05, 0) is 17.7 Å². The molecule has 3 nitrogen and oxygen atoms in total. The van der Waals surface area contributed by atoms with E-state index in [1.54, 1.807) is 0 Å². The van der Waals surface area contributed by atoms with Gasteiger partial charge >= 0.3 is 35.5 Å². The van der Waals surface area contributed by atoms with Gasteiger partial charge < -0.3 is 9.47 Å². The van der Waals surface area contributed by atoms with E-state index in [0.717, 1.165) is 17.7 Å². The van der Waals surface area contributed by atoms with Crippen LogP contribution < -0.4 is 9.47 Å². The zero-order chi connectivity index (χ0) is 14.4. The fourth-order valence-corrected chi connectivity index (χ4v) is 1.57. The Morgan fingerprint density at radius 3 is 2.52 bits per heavy atom. The summed E-state index contributed by atoms with van der Waals surface area (Å²) < 4.78 is 23.7. The van der Waals surface area contributed by atoms with Gasteiger partial charge in [0.05, 0.1) is 0 Å². The number of hydrogen-bond donors (Lipinski definition) is 0. The fourth-order valence-electron chi connectivity index (χ4n) is 1.57. The van der Waals surface area contributed by atoms with Gasteiger partial charge in [-0.25, -0.2) is 9.18 Å². The minimum atomic E-state index is -0.667. The Balaban J connectivity index is 0.00000220. The van der Waals surface area contributed by atoms with Crippen molar-refractivity contribution < 1.29 is 18.7 Å². The first-order valence-electron chi connectivity index (χ1n) is 5.99. The second kappa shape index (κ2) is 8.62. The van der Waals surface area contributed by atoms with Crippen LogP contribution in [0.15, 0.2) is 61.2 Å². The second-order valence-corrected chi connectivity index (χ2v) is 3.99. The fraction of sp³-hybridized carbons (Fsp3) is 0.0625. The van der Waals surface area contributed by atoms with Crippen LogP contribution in [0.2, 0.25) is 0 Å². The minimum absolute atomic E-state index is 0. The molecule has 5 heteroatoms. The van der Waals surface area contributed by atoms with Gasteiger partial charge in [-0.1, -0.05) is 36.9 Å². The maximum atomic E-state index is 13.2. The monoisotopic (exact) mass is 296 g/mol. The molecule has 0 unspecified atom stereocenters. The number of esters is 1. The van der Waals surface area contributed by atoms with Gasteiger partial charge in [0.1, 0.15) is 12.4 Å². The molecule has 2 aromatic rings. The number of ether oxygens (including phenoxy) is 2. The van der Waals surface area contributed by atoms with Crippen LogP contribution in [0.3, 0.4) is 0 Å². The van der Waals surface area contributed by atoms with Crippen LogP contribution in [0.5, 0.6) is 11.5 Å². The Hall–Kier alpha value is -1.62. The van der Waals surface area contributed by atoms with E-state index >= 15 is 0 Å². The van der Waals surface area contributed by atoms with E-state index in [9.17, 15) is 9.18 Å². The Kier molecular flexibility index (Phi) is 7.15. The van der Waals surface area contributed by atoms with Crippen molar-refractivity contribution in [2.75, 3.05) is 0 Å². The van der Waals surface area contributed by atoms with Gasteiger partial charge in [0, 0.05) is 12.1 Å². The molecule has 0 amide bonds. The van der Waals surface area contributed by atoms with Crippen molar-refractivity contribution in [2.45, 2.75) is 6.61 Å². The molecule has 0 heterocycles. The molecule has 21 heavy (non-hydrogen) atoms. The quantitative estimate of drug-likeness (QED) is 0.368. The van der Waals surface area contributed by atoms with Gasteiger partial charge in [0.15, 0.2) is 11.5 Å². The van der Waals surface area contributed by atoms with Gasteiger partial charge in [0.2, 0.25) is 0 Å². The molecule has 104 valence electrons. The molecule has 2 aromatic carbocycles.